The Kier molecular flexibility index (Phi) is 3.87. The van der Waals surface area contributed by atoms with Gasteiger partial charge in [-0.2, -0.15) is 0 Å². The van der Waals surface area contributed by atoms with Crippen molar-refractivity contribution < 1.29 is 9.59 Å². The fourth-order valence-electron chi connectivity index (χ4n) is 2.26. The second-order valence-corrected chi connectivity index (χ2v) is 4.87. The summed E-state index contributed by atoms with van der Waals surface area (Å²) in [5.41, 5.74) is 6.31. The molecule has 0 atom stereocenters. The van der Waals surface area contributed by atoms with Crippen LogP contribution < -0.4 is 10.9 Å². The van der Waals surface area contributed by atoms with E-state index in [-0.39, 0.29) is 18.4 Å². The molecule has 0 saturated heterocycles. The molecule has 2 amide bonds. The van der Waals surface area contributed by atoms with Crippen LogP contribution in [0.2, 0.25) is 0 Å². The average molecular weight is 293 g/mol. The average Bonchev–Trinajstić information content (AvgIpc) is 2.97. The molecular formula is C17H15N3O2. The largest absolute Gasteiger partial charge is 0.338 e. The highest BCUT2D eigenvalue weighted by molar-refractivity contribution is 5.95. The molecule has 110 valence electrons. The second-order valence-electron chi connectivity index (χ2n) is 4.87. The minimum Gasteiger partial charge on any atom is -0.338 e. The van der Waals surface area contributed by atoms with Crippen LogP contribution in [0.5, 0.6) is 0 Å². The summed E-state index contributed by atoms with van der Waals surface area (Å²) in [4.78, 5) is 23.8. The lowest BCUT2D eigenvalue weighted by molar-refractivity contribution is -0.122. The number of hydrazine groups is 1. The Morgan fingerprint density at radius 3 is 2.41 bits per heavy atom. The third kappa shape index (κ3) is 2.98. The minimum absolute atomic E-state index is 0.141. The van der Waals surface area contributed by atoms with Crippen molar-refractivity contribution in [3.63, 3.8) is 0 Å². The Hall–Kier alpha value is -3.08. The predicted molar refractivity (Wildman–Crippen MR) is 84.0 cm³/mol. The number of carbonyl (C=O) groups excluding carboxylic acids is 2. The zero-order chi connectivity index (χ0) is 15.4. The second kappa shape index (κ2) is 6.13. The molecule has 2 aromatic carbocycles. The van der Waals surface area contributed by atoms with Crippen LogP contribution in [-0.4, -0.2) is 16.4 Å². The molecule has 0 radical (unpaired) electrons. The first-order valence-corrected chi connectivity index (χ1v) is 6.92. The minimum atomic E-state index is -0.341. The van der Waals surface area contributed by atoms with Crippen LogP contribution in [0, 0.1) is 0 Å². The maximum Gasteiger partial charge on any atom is 0.269 e. The number of amides is 2. The van der Waals surface area contributed by atoms with E-state index in [2.05, 4.69) is 10.9 Å². The summed E-state index contributed by atoms with van der Waals surface area (Å²) in [6.07, 6.45) is 1.85. The van der Waals surface area contributed by atoms with Crippen LogP contribution in [0.4, 0.5) is 0 Å². The predicted octanol–water partition coefficient (Wildman–Crippen LogP) is 2.10. The number of nitrogens with one attached hydrogen (secondary N) is 2. The highest BCUT2D eigenvalue weighted by atomic mass is 16.2. The van der Waals surface area contributed by atoms with Gasteiger partial charge in [0.2, 0.25) is 0 Å². The van der Waals surface area contributed by atoms with Crippen molar-refractivity contribution in [2.75, 3.05) is 0 Å². The summed E-state index contributed by atoms with van der Waals surface area (Å²) in [5.74, 6) is -0.628. The third-order valence-electron chi connectivity index (χ3n) is 3.35. The number of para-hydroxylation sites is 1. The fraction of sp³-hybridized carbons (Fsp3) is 0.0588. The van der Waals surface area contributed by atoms with Crippen LogP contribution in [0.25, 0.3) is 10.9 Å². The lowest BCUT2D eigenvalue weighted by Gasteiger charge is -2.09. The van der Waals surface area contributed by atoms with E-state index in [0.717, 1.165) is 10.9 Å². The van der Waals surface area contributed by atoms with Gasteiger partial charge in [-0.1, -0.05) is 36.4 Å². The van der Waals surface area contributed by atoms with Crippen molar-refractivity contribution in [2.24, 2.45) is 0 Å². The first-order valence-electron chi connectivity index (χ1n) is 6.92. The van der Waals surface area contributed by atoms with Crippen molar-refractivity contribution in [3.05, 3.63) is 72.4 Å². The van der Waals surface area contributed by atoms with E-state index in [9.17, 15) is 9.59 Å². The molecule has 5 heteroatoms. The van der Waals surface area contributed by atoms with E-state index in [4.69, 9.17) is 0 Å². The van der Waals surface area contributed by atoms with Crippen molar-refractivity contribution in [1.82, 2.24) is 15.4 Å². The van der Waals surface area contributed by atoms with E-state index in [1.807, 2.05) is 47.2 Å². The summed E-state index contributed by atoms with van der Waals surface area (Å²) >= 11 is 0. The quantitative estimate of drug-likeness (QED) is 0.726. The number of benzene rings is 2. The van der Waals surface area contributed by atoms with Crippen molar-refractivity contribution in [1.29, 1.82) is 0 Å². The number of hydrogen-bond acceptors (Lipinski definition) is 2. The summed E-state index contributed by atoms with van der Waals surface area (Å²) in [6.45, 7) is 0.141. The number of carbonyl (C=O) groups is 2. The SMILES string of the molecule is O=C(Cn1ccc2ccccc21)NNC(=O)c1ccccc1. The molecule has 1 aromatic heterocycles. The zero-order valence-corrected chi connectivity index (χ0v) is 11.8. The Labute approximate surface area is 127 Å². The number of hydrogen-bond donors (Lipinski definition) is 2. The van der Waals surface area contributed by atoms with Gasteiger partial charge in [0.25, 0.3) is 11.8 Å². The zero-order valence-electron chi connectivity index (χ0n) is 11.8. The maximum absolute atomic E-state index is 11.9. The van der Waals surface area contributed by atoms with Crippen LogP contribution in [-0.2, 0) is 11.3 Å². The maximum atomic E-state index is 11.9. The fourth-order valence-corrected chi connectivity index (χ4v) is 2.26. The van der Waals surface area contributed by atoms with Crippen molar-refractivity contribution >= 4 is 22.7 Å². The topological polar surface area (TPSA) is 63.1 Å². The molecule has 2 N–H and O–H groups in total. The Morgan fingerprint density at radius 1 is 0.864 bits per heavy atom. The van der Waals surface area contributed by atoms with Gasteiger partial charge in [0.15, 0.2) is 0 Å². The number of fused-ring (bicyclic) bond motifs is 1. The van der Waals surface area contributed by atoms with Gasteiger partial charge in [-0.15, -0.1) is 0 Å². The van der Waals surface area contributed by atoms with Crippen molar-refractivity contribution in [3.8, 4) is 0 Å². The smallest absolute Gasteiger partial charge is 0.269 e. The lowest BCUT2D eigenvalue weighted by Crippen LogP contribution is -2.43. The van der Waals surface area contributed by atoms with E-state index in [1.165, 1.54) is 0 Å². The van der Waals surface area contributed by atoms with Crippen LogP contribution in [0.15, 0.2) is 66.9 Å². The molecule has 22 heavy (non-hydrogen) atoms. The Balaban J connectivity index is 1.60. The van der Waals surface area contributed by atoms with Gasteiger partial charge < -0.3 is 4.57 Å². The number of nitrogens with zero attached hydrogens (tertiary/aromatic N) is 1. The summed E-state index contributed by atoms with van der Waals surface area (Å²) in [7, 11) is 0. The van der Waals surface area contributed by atoms with Gasteiger partial charge in [0, 0.05) is 17.3 Å². The molecular weight excluding hydrogens is 278 g/mol. The lowest BCUT2D eigenvalue weighted by atomic mass is 10.2. The normalized spacial score (nSPS) is 10.4. The van der Waals surface area contributed by atoms with E-state index < -0.39 is 0 Å². The molecule has 0 fully saturated rings. The molecule has 3 aromatic rings. The first-order chi connectivity index (χ1) is 10.7. The standard InChI is InChI=1S/C17H15N3O2/c21-16(18-19-17(22)14-7-2-1-3-8-14)12-20-11-10-13-6-4-5-9-15(13)20/h1-11H,12H2,(H,18,21)(H,19,22). The molecule has 5 nitrogen and oxygen atoms in total. The summed E-state index contributed by atoms with van der Waals surface area (Å²) in [5, 5.41) is 1.07. The van der Waals surface area contributed by atoms with Gasteiger partial charge >= 0.3 is 0 Å². The molecule has 0 unspecified atom stereocenters. The molecule has 0 aliphatic rings. The highest BCUT2D eigenvalue weighted by Crippen LogP contribution is 2.14. The molecule has 0 aliphatic carbocycles. The van der Waals surface area contributed by atoms with Crippen LogP contribution in [0.1, 0.15) is 10.4 Å². The van der Waals surface area contributed by atoms with Gasteiger partial charge in [-0.05, 0) is 29.7 Å². The molecule has 0 spiro atoms. The van der Waals surface area contributed by atoms with Gasteiger partial charge in [0.1, 0.15) is 6.54 Å². The summed E-state index contributed by atoms with van der Waals surface area (Å²) < 4.78 is 1.83. The Bertz CT molecular complexity index is 809. The molecule has 0 aliphatic heterocycles. The van der Waals surface area contributed by atoms with Gasteiger partial charge in [-0.25, -0.2) is 0 Å². The van der Waals surface area contributed by atoms with Gasteiger partial charge in [0.05, 0.1) is 0 Å². The van der Waals surface area contributed by atoms with Crippen molar-refractivity contribution in [2.45, 2.75) is 6.54 Å². The molecule has 3 rings (SSSR count). The van der Waals surface area contributed by atoms with E-state index in [0.29, 0.717) is 5.56 Å². The monoisotopic (exact) mass is 293 g/mol. The molecule has 0 bridgehead atoms. The van der Waals surface area contributed by atoms with E-state index in [1.54, 1.807) is 24.3 Å². The molecule has 0 saturated carbocycles. The number of aromatic nitrogens is 1. The van der Waals surface area contributed by atoms with E-state index >= 15 is 0 Å². The Morgan fingerprint density at radius 2 is 1.59 bits per heavy atom. The molecule has 1 heterocycles. The van der Waals surface area contributed by atoms with Crippen LogP contribution >= 0.6 is 0 Å². The third-order valence-corrected chi connectivity index (χ3v) is 3.35. The highest BCUT2D eigenvalue weighted by Gasteiger charge is 2.08. The first kappa shape index (κ1) is 13.9. The number of rotatable bonds is 3. The van der Waals surface area contributed by atoms with Crippen LogP contribution in [0.3, 0.4) is 0 Å². The van der Waals surface area contributed by atoms with Gasteiger partial charge in [-0.3, -0.25) is 20.4 Å². The summed E-state index contributed by atoms with van der Waals surface area (Å²) in [6, 6.07) is 18.5.